The highest BCUT2D eigenvalue weighted by molar-refractivity contribution is 7.14. The van der Waals surface area contributed by atoms with Gasteiger partial charge in [-0.3, -0.25) is 4.98 Å². The molecule has 0 aromatic carbocycles. The summed E-state index contributed by atoms with van der Waals surface area (Å²) in [5, 5.41) is 6.21. The zero-order valence-electron chi connectivity index (χ0n) is 7.90. The molecule has 0 radical (unpaired) electrons. The van der Waals surface area contributed by atoms with Crippen molar-refractivity contribution in [2.75, 3.05) is 11.9 Å². The summed E-state index contributed by atoms with van der Waals surface area (Å²) in [6.45, 7) is 2.97. The number of hydrogen-bond acceptors (Lipinski definition) is 4. The van der Waals surface area contributed by atoms with Crippen molar-refractivity contribution < 1.29 is 0 Å². The molecule has 14 heavy (non-hydrogen) atoms. The normalized spacial score (nSPS) is 10.1. The number of anilines is 1. The molecular formula is C10H11N3S. The van der Waals surface area contributed by atoms with Crippen molar-refractivity contribution in [3.8, 4) is 11.3 Å². The molecule has 2 aromatic heterocycles. The summed E-state index contributed by atoms with van der Waals surface area (Å²) in [6.07, 6.45) is 3.56. The zero-order chi connectivity index (χ0) is 9.80. The fourth-order valence-corrected chi connectivity index (χ4v) is 1.95. The van der Waals surface area contributed by atoms with E-state index in [4.69, 9.17) is 0 Å². The van der Waals surface area contributed by atoms with E-state index in [1.54, 1.807) is 23.7 Å². The lowest BCUT2D eigenvalue weighted by atomic mass is 10.2. The number of pyridine rings is 1. The quantitative estimate of drug-likeness (QED) is 0.837. The Hall–Kier alpha value is -1.42. The van der Waals surface area contributed by atoms with Gasteiger partial charge in [0.25, 0.3) is 0 Å². The highest BCUT2D eigenvalue weighted by Crippen LogP contribution is 2.23. The molecule has 0 bridgehead atoms. The van der Waals surface area contributed by atoms with E-state index in [0.29, 0.717) is 0 Å². The molecule has 0 aliphatic rings. The van der Waals surface area contributed by atoms with E-state index < -0.39 is 0 Å². The first-order chi connectivity index (χ1) is 6.90. The van der Waals surface area contributed by atoms with Gasteiger partial charge in [-0.15, -0.1) is 11.3 Å². The maximum absolute atomic E-state index is 4.45. The van der Waals surface area contributed by atoms with Crippen LogP contribution in [0, 0.1) is 0 Å². The van der Waals surface area contributed by atoms with Crippen molar-refractivity contribution in [2.45, 2.75) is 6.92 Å². The second kappa shape index (κ2) is 4.19. The maximum Gasteiger partial charge on any atom is 0.183 e. The topological polar surface area (TPSA) is 37.8 Å². The molecule has 0 amide bonds. The molecule has 1 N–H and O–H groups in total. The first-order valence-electron chi connectivity index (χ1n) is 4.50. The van der Waals surface area contributed by atoms with Crippen LogP contribution in [0.15, 0.2) is 29.9 Å². The van der Waals surface area contributed by atoms with Gasteiger partial charge in [0.05, 0.1) is 5.69 Å². The molecule has 2 heterocycles. The largest absolute Gasteiger partial charge is 0.362 e. The number of nitrogens with one attached hydrogen (secondary N) is 1. The van der Waals surface area contributed by atoms with Gasteiger partial charge in [0.15, 0.2) is 5.13 Å². The molecule has 0 saturated carbocycles. The van der Waals surface area contributed by atoms with Gasteiger partial charge in [-0.1, -0.05) is 0 Å². The van der Waals surface area contributed by atoms with Crippen LogP contribution in [0.25, 0.3) is 11.3 Å². The summed E-state index contributed by atoms with van der Waals surface area (Å²) in [4.78, 5) is 8.42. The summed E-state index contributed by atoms with van der Waals surface area (Å²) in [7, 11) is 0. The minimum atomic E-state index is 0.906. The Bertz CT molecular complexity index is 397. The minimum absolute atomic E-state index is 0.906. The van der Waals surface area contributed by atoms with E-state index in [1.165, 1.54) is 0 Å². The van der Waals surface area contributed by atoms with E-state index in [1.807, 2.05) is 17.5 Å². The lowest BCUT2D eigenvalue weighted by Crippen LogP contribution is -1.94. The highest BCUT2D eigenvalue weighted by Gasteiger charge is 2.02. The number of rotatable bonds is 3. The van der Waals surface area contributed by atoms with Gasteiger partial charge >= 0.3 is 0 Å². The summed E-state index contributed by atoms with van der Waals surface area (Å²) in [5.41, 5.74) is 2.12. The van der Waals surface area contributed by atoms with Crippen molar-refractivity contribution in [3.63, 3.8) is 0 Å². The Kier molecular flexibility index (Phi) is 2.74. The molecule has 2 rings (SSSR count). The molecule has 0 fully saturated rings. The second-order valence-electron chi connectivity index (χ2n) is 2.80. The van der Waals surface area contributed by atoms with Crippen LogP contribution < -0.4 is 5.32 Å². The van der Waals surface area contributed by atoms with Crippen LogP contribution in [0.4, 0.5) is 5.13 Å². The molecule has 72 valence electrons. The minimum Gasteiger partial charge on any atom is -0.362 e. The fraction of sp³-hybridized carbons (Fsp3) is 0.200. The smallest absolute Gasteiger partial charge is 0.183 e. The van der Waals surface area contributed by atoms with Crippen molar-refractivity contribution in [1.29, 1.82) is 0 Å². The molecule has 0 saturated heterocycles. The van der Waals surface area contributed by atoms with Crippen molar-refractivity contribution in [3.05, 3.63) is 29.9 Å². The second-order valence-corrected chi connectivity index (χ2v) is 3.66. The van der Waals surface area contributed by atoms with Gasteiger partial charge in [0.1, 0.15) is 0 Å². The molecule has 0 aliphatic carbocycles. The molecule has 3 nitrogen and oxygen atoms in total. The first-order valence-corrected chi connectivity index (χ1v) is 5.38. The third-order valence-corrected chi connectivity index (χ3v) is 2.61. The molecule has 0 atom stereocenters. The van der Waals surface area contributed by atoms with Gasteiger partial charge in [-0.2, -0.15) is 0 Å². The van der Waals surface area contributed by atoms with Gasteiger partial charge in [0.2, 0.25) is 0 Å². The van der Waals surface area contributed by atoms with Crippen LogP contribution in [-0.4, -0.2) is 16.5 Å². The van der Waals surface area contributed by atoms with Gasteiger partial charge in [-0.25, -0.2) is 4.98 Å². The predicted molar refractivity (Wildman–Crippen MR) is 59.5 cm³/mol. The van der Waals surface area contributed by atoms with Crippen molar-refractivity contribution in [1.82, 2.24) is 9.97 Å². The first kappa shape index (κ1) is 9.15. The summed E-state index contributed by atoms with van der Waals surface area (Å²) in [6, 6.07) is 3.93. The Labute approximate surface area is 86.8 Å². The number of nitrogens with zero attached hydrogens (tertiary/aromatic N) is 2. The Morgan fingerprint density at radius 1 is 1.36 bits per heavy atom. The molecular weight excluding hydrogens is 194 g/mol. The molecule has 0 spiro atoms. The maximum atomic E-state index is 4.45. The average Bonchev–Trinajstić information content (AvgIpc) is 2.68. The SMILES string of the molecule is CCNc1nc(-c2ccncc2)cs1. The highest BCUT2D eigenvalue weighted by atomic mass is 32.1. The Morgan fingerprint density at radius 3 is 2.86 bits per heavy atom. The summed E-state index contributed by atoms with van der Waals surface area (Å²) < 4.78 is 0. The van der Waals surface area contributed by atoms with Crippen LogP contribution in [-0.2, 0) is 0 Å². The van der Waals surface area contributed by atoms with E-state index in [-0.39, 0.29) is 0 Å². The average molecular weight is 205 g/mol. The van der Waals surface area contributed by atoms with Crippen LogP contribution in [0.1, 0.15) is 6.92 Å². The lowest BCUT2D eigenvalue weighted by molar-refractivity contribution is 1.19. The van der Waals surface area contributed by atoms with Gasteiger partial charge in [0, 0.05) is 29.9 Å². The predicted octanol–water partition coefficient (Wildman–Crippen LogP) is 2.64. The van der Waals surface area contributed by atoms with Crippen LogP contribution in [0.5, 0.6) is 0 Å². The Morgan fingerprint density at radius 2 is 2.14 bits per heavy atom. The molecule has 4 heteroatoms. The Balaban J connectivity index is 2.25. The molecule has 0 unspecified atom stereocenters. The standard InChI is InChI=1S/C10H11N3S/c1-2-12-10-13-9(7-14-10)8-3-5-11-6-4-8/h3-7H,2H2,1H3,(H,12,13). The fourth-order valence-electron chi connectivity index (χ4n) is 1.16. The number of thiazole rings is 1. The number of aromatic nitrogens is 2. The molecule has 2 aromatic rings. The van der Waals surface area contributed by atoms with Gasteiger partial charge in [-0.05, 0) is 19.1 Å². The third-order valence-electron chi connectivity index (χ3n) is 1.81. The van der Waals surface area contributed by atoms with Crippen LogP contribution in [0.3, 0.4) is 0 Å². The van der Waals surface area contributed by atoms with Crippen molar-refractivity contribution >= 4 is 16.5 Å². The van der Waals surface area contributed by atoms with E-state index in [2.05, 4.69) is 22.2 Å². The van der Waals surface area contributed by atoms with Gasteiger partial charge < -0.3 is 5.32 Å². The summed E-state index contributed by atoms with van der Waals surface area (Å²) >= 11 is 1.63. The third kappa shape index (κ3) is 1.90. The monoisotopic (exact) mass is 205 g/mol. The van der Waals surface area contributed by atoms with Crippen LogP contribution >= 0.6 is 11.3 Å². The van der Waals surface area contributed by atoms with E-state index >= 15 is 0 Å². The van der Waals surface area contributed by atoms with Crippen molar-refractivity contribution in [2.24, 2.45) is 0 Å². The number of hydrogen-bond donors (Lipinski definition) is 1. The lowest BCUT2D eigenvalue weighted by Gasteiger charge is -1.95. The van der Waals surface area contributed by atoms with Crippen LogP contribution in [0.2, 0.25) is 0 Å². The van der Waals surface area contributed by atoms with E-state index in [0.717, 1.165) is 22.9 Å². The zero-order valence-corrected chi connectivity index (χ0v) is 8.71. The summed E-state index contributed by atoms with van der Waals surface area (Å²) in [5.74, 6) is 0. The molecule has 0 aliphatic heterocycles. The van der Waals surface area contributed by atoms with E-state index in [9.17, 15) is 0 Å².